The first kappa shape index (κ1) is 18.8. The SMILES string of the molecule is CC[Si](CC)(CC)C1=C(Cl)C=CN(C(=O)Oc2ccccc2)C1C. The Morgan fingerprint density at radius 3 is 2.29 bits per heavy atom. The van der Waals surface area contributed by atoms with Gasteiger partial charge in [0.15, 0.2) is 0 Å². The van der Waals surface area contributed by atoms with E-state index in [9.17, 15) is 4.79 Å². The monoisotopic (exact) mass is 363 g/mol. The summed E-state index contributed by atoms with van der Waals surface area (Å²) in [6, 6.07) is 12.5. The van der Waals surface area contributed by atoms with Crippen LogP contribution in [0.15, 0.2) is 52.8 Å². The molecule has 5 heteroatoms. The number of ether oxygens (including phenoxy) is 1. The zero-order valence-corrected chi connectivity index (χ0v) is 16.6. The Labute approximate surface area is 151 Å². The highest BCUT2D eigenvalue weighted by Gasteiger charge is 2.40. The summed E-state index contributed by atoms with van der Waals surface area (Å²) in [6.45, 7) is 8.78. The average molecular weight is 364 g/mol. The molecule has 1 aliphatic rings. The van der Waals surface area contributed by atoms with Crippen molar-refractivity contribution in [2.45, 2.75) is 51.9 Å². The summed E-state index contributed by atoms with van der Waals surface area (Å²) in [5.41, 5.74) is 0. The zero-order valence-electron chi connectivity index (χ0n) is 14.9. The number of nitrogens with zero attached hydrogens (tertiary/aromatic N) is 1. The lowest BCUT2D eigenvalue weighted by atomic mass is 10.2. The first-order chi connectivity index (χ1) is 11.5. The van der Waals surface area contributed by atoms with Crippen LogP contribution in [0.1, 0.15) is 27.7 Å². The fourth-order valence-electron chi connectivity index (χ4n) is 3.58. The Bertz CT molecular complexity index is 630. The van der Waals surface area contributed by atoms with E-state index in [1.807, 2.05) is 24.3 Å². The minimum absolute atomic E-state index is 0.0646. The molecule has 0 fully saturated rings. The highest BCUT2D eigenvalue weighted by Crippen LogP contribution is 2.38. The van der Waals surface area contributed by atoms with Crippen molar-refractivity contribution in [1.82, 2.24) is 4.90 Å². The molecule has 1 amide bonds. The summed E-state index contributed by atoms with van der Waals surface area (Å²) in [5, 5.41) is 2.08. The largest absolute Gasteiger partial charge is 0.419 e. The third-order valence-corrected chi connectivity index (χ3v) is 11.6. The number of amides is 1. The van der Waals surface area contributed by atoms with Gasteiger partial charge in [-0.2, -0.15) is 0 Å². The smallest absolute Gasteiger partial charge is 0.410 e. The standard InChI is InChI=1S/C19H26ClNO2Si/c1-5-24(6-2,7-3)18-15(4)21(14-13-17(18)20)19(22)23-16-11-9-8-10-12-16/h8-15H,5-7H2,1-4H3. The predicted molar refractivity (Wildman–Crippen MR) is 103 cm³/mol. The van der Waals surface area contributed by atoms with E-state index in [4.69, 9.17) is 16.3 Å². The number of allylic oxidation sites excluding steroid dienone is 2. The van der Waals surface area contributed by atoms with Crippen LogP contribution >= 0.6 is 11.6 Å². The highest BCUT2D eigenvalue weighted by atomic mass is 35.5. The van der Waals surface area contributed by atoms with E-state index >= 15 is 0 Å². The Hall–Kier alpha value is -1.52. The van der Waals surface area contributed by atoms with Gasteiger partial charge in [-0.25, -0.2) is 4.79 Å². The number of hydrogen-bond donors (Lipinski definition) is 0. The quantitative estimate of drug-likeness (QED) is 0.605. The van der Waals surface area contributed by atoms with Gasteiger partial charge in [0, 0.05) is 11.2 Å². The van der Waals surface area contributed by atoms with Gasteiger partial charge in [0.25, 0.3) is 0 Å². The van der Waals surface area contributed by atoms with Gasteiger partial charge in [0.2, 0.25) is 0 Å². The summed E-state index contributed by atoms with van der Waals surface area (Å²) in [7, 11) is -1.68. The molecular weight excluding hydrogens is 338 g/mol. The maximum Gasteiger partial charge on any atom is 0.419 e. The van der Waals surface area contributed by atoms with Crippen LogP contribution in [0, 0.1) is 0 Å². The van der Waals surface area contributed by atoms with Crippen LogP contribution in [0.3, 0.4) is 0 Å². The first-order valence-electron chi connectivity index (χ1n) is 8.62. The minimum atomic E-state index is -1.68. The van der Waals surface area contributed by atoms with Gasteiger partial charge in [-0.05, 0) is 30.3 Å². The van der Waals surface area contributed by atoms with Gasteiger partial charge in [-0.3, -0.25) is 4.90 Å². The van der Waals surface area contributed by atoms with Crippen LogP contribution in [0.5, 0.6) is 5.75 Å². The third kappa shape index (κ3) is 3.60. The first-order valence-corrected chi connectivity index (χ1v) is 11.6. The molecule has 0 saturated heterocycles. The second-order valence-electron chi connectivity index (χ2n) is 6.18. The van der Waals surface area contributed by atoms with E-state index in [2.05, 4.69) is 27.7 Å². The van der Waals surface area contributed by atoms with Gasteiger partial charge >= 0.3 is 6.09 Å². The molecule has 3 nitrogen and oxygen atoms in total. The van der Waals surface area contributed by atoms with Crippen LogP contribution < -0.4 is 4.74 Å². The molecule has 24 heavy (non-hydrogen) atoms. The third-order valence-electron chi connectivity index (χ3n) is 5.23. The van der Waals surface area contributed by atoms with Crippen molar-refractivity contribution in [3.8, 4) is 5.75 Å². The molecule has 0 aliphatic carbocycles. The van der Waals surface area contributed by atoms with E-state index in [0.717, 1.165) is 23.2 Å². The van der Waals surface area contributed by atoms with Crippen LogP contribution in [0.2, 0.25) is 18.1 Å². The molecule has 1 heterocycles. The van der Waals surface area contributed by atoms with Crippen molar-refractivity contribution in [3.63, 3.8) is 0 Å². The number of hydrogen-bond acceptors (Lipinski definition) is 2. The van der Waals surface area contributed by atoms with E-state index < -0.39 is 8.07 Å². The molecule has 0 N–H and O–H groups in total. The number of benzene rings is 1. The molecule has 1 aromatic rings. The van der Waals surface area contributed by atoms with Gasteiger partial charge in [-0.15, -0.1) is 0 Å². The number of halogens is 1. The summed E-state index contributed by atoms with van der Waals surface area (Å²) in [5.74, 6) is 0.551. The molecule has 1 aromatic carbocycles. The lowest BCUT2D eigenvalue weighted by Gasteiger charge is -2.40. The molecule has 0 bridgehead atoms. The number of para-hydroxylation sites is 1. The fraction of sp³-hybridized carbons (Fsp3) is 0.421. The van der Waals surface area contributed by atoms with Crippen LogP contribution in [-0.4, -0.2) is 25.1 Å². The second kappa shape index (κ2) is 8.04. The highest BCUT2D eigenvalue weighted by molar-refractivity contribution is 6.87. The minimum Gasteiger partial charge on any atom is -0.410 e. The summed E-state index contributed by atoms with van der Waals surface area (Å²) in [6.07, 6.45) is 3.21. The van der Waals surface area contributed by atoms with Crippen molar-refractivity contribution in [2.24, 2.45) is 0 Å². The van der Waals surface area contributed by atoms with Gasteiger partial charge in [0.05, 0.1) is 14.1 Å². The van der Waals surface area contributed by atoms with Crippen LogP contribution in [0.4, 0.5) is 4.79 Å². The second-order valence-corrected chi connectivity index (χ2v) is 11.8. The molecular formula is C19H26ClNO2Si. The maximum atomic E-state index is 12.6. The van der Waals surface area contributed by atoms with Crippen molar-refractivity contribution >= 4 is 25.8 Å². The molecule has 1 atom stereocenters. The normalized spacial score (nSPS) is 18.0. The van der Waals surface area contributed by atoms with Gasteiger partial charge < -0.3 is 4.74 Å². The summed E-state index contributed by atoms with van der Waals surface area (Å²) >= 11 is 6.58. The Morgan fingerprint density at radius 1 is 1.17 bits per heavy atom. The van der Waals surface area contributed by atoms with E-state index in [0.29, 0.717) is 5.75 Å². The molecule has 0 saturated carbocycles. The van der Waals surface area contributed by atoms with Crippen LogP contribution in [-0.2, 0) is 0 Å². The van der Waals surface area contributed by atoms with Crippen molar-refractivity contribution in [2.75, 3.05) is 0 Å². The summed E-state index contributed by atoms with van der Waals surface area (Å²) < 4.78 is 5.51. The molecule has 0 spiro atoms. The van der Waals surface area contributed by atoms with E-state index in [1.165, 1.54) is 5.20 Å². The summed E-state index contributed by atoms with van der Waals surface area (Å²) in [4.78, 5) is 14.3. The Kier molecular flexibility index (Phi) is 6.30. The predicted octanol–water partition coefficient (Wildman–Crippen LogP) is 5.94. The number of carbonyl (C=O) groups excluding carboxylic acids is 1. The zero-order chi connectivity index (χ0) is 17.7. The average Bonchev–Trinajstić information content (AvgIpc) is 2.59. The lowest BCUT2D eigenvalue weighted by molar-refractivity contribution is 0.162. The molecule has 2 rings (SSSR count). The van der Waals surface area contributed by atoms with Crippen molar-refractivity contribution in [3.05, 3.63) is 52.8 Å². The van der Waals surface area contributed by atoms with Crippen LogP contribution in [0.25, 0.3) is 0 Å². The topological polar surface area (TPSA) is 29.5 Å². The van der Waals surface area contributed by atoms with Gasteiger partial charge in [0.1, 0.15) is 5.75 Å². The Balaban J connectivity index is 2.27. The van der Waals surface area contributed by atoms with Gasteiger partial charge in [-0.1, -0.05) is 68.7 Å². The van der Waals surface area contributed by atoms with Crippen molar-refractivity contribution in [1.29, 1.82) is 0 Å². The fourth-order valence-corrected chi connectivity index (χ4v) is 8.66. The molecule has 1 unspecified atom stereocenters. The Morgan fingerprint density at radius 2 is 1.75 bits per heavy atom. The molecule has 1 aliphatic heterocycles. The number of rotatable bonds is 5. The lowest BCUT2D eigenvalue weighted by Crippen LogP contribution is -2.48. The molecule has 0 radical (unpaired) electrons. The number of carbonyl (C=O) groups is 1. The maximum absolute atomic E-state index is 12.6. The molecule has 0 aromatic heterocycles. The van der Waals surface area contributed by atoms with E-state index in [1.54, 1.807) is 23.2 Å². The molecule has 130 valence electrons. The van der Waals surface area contributed by atoms with E-state index in [-0.39, 0.29) is 12.1 Å². The van der Waals surface area contributed by atoms with Crippen molar-refractivity contribution < 1.29 is 9.53 Å².